The first kappa shape index (κ1) is 13.6. The second kappa shape index (κ2) is 4.60. The van der Waals surface area contributed by atoms with Crippen LogP contribution in [-0.4, -0.2) is 24.2 Å². The fraction of sp³-hybridized carbons (Fsp3) is 0.133. The monoisotopic (exact) mass is 301 g/mol. The third-order valence-corrected chi connectivity index (χ3v) is 4.49. The van der Waals surface area contributed by atoms with E-state index < -0.39 is 9.84 Å². The van der Waals surface area contributed by atoms with Crippen LogP contribution in [0.1, 0.15) is 5.56 Å². The molecule has 2 aromatic carbocycles. The maximum atomic E-state index is 11.5. The van der Waals surface area contributed by atoms with E-state index >= 15 is 0 Å². The molecule has 0 bridgehead atoms. The third-order valence-electron chi connectivity index (χ3n) is 3.36. The summed E-state index contributed by atoms with van der Waals surface area (Å²) in [5.41, 5.74) is 9.60. The summed E-state index contributed by atoms with van der Waals surface area (Å²) in [5, 5.41) is 0. The van der Waals surface area contributed by atoms with Crippen molar-refractivity contribution in [3.8, 4) is 5.69 Å². The normalized spacial score (nSPS) is 11.9. The van der Waals surface area contributed by atoms with Crippen molar-refractivity contribution < 1.29 is 8.42 Å². The minimum atomic E-state index is -3.20. The zero-order chi connectivity index (χ0) is 15.2. The first-order valence-electron chi connectivity index (χ1n) is 6.41. The minimum absolute atomic E-state index is 0.283. The quantitative estimate of drug-likeness (QED) is 0.788. The van der Waals surface area contributed by atoms with Gasteiger partial charge in [-0.15, -0.1) is 0 Å². The smallest absolute Gasteiger partial charge is 0.205 e. The molecule has 3 aromatic rings. The number of nitrogen functional groups attached to an aromatic ring is 1. The highest BCUT2D eigenvalue weighted by Gasteiger charge is 2.12. The molecule has 1 aromatic heterocycles. The first-order chi connectivity index (χ1) is 9.86. The van der Waals surface area contributed by atoms with Crippen LogP contribution in [0, 0.1) is 6.92 Å². The van der Waals surface area contributed by atoms with E-state index in [1.165, 1.54) is 6.26 Å². The summed E-state index contributed by atoms with van der Waals surface area (Å²) in [7, 11) is -3.20. The number of imidazole rings is 1. The zero-order valence-electron chi connectivity index (χ0n) is 11.7. The molecule has 0 unspecified atom stereocenters. The highest BCUT2D eigenvalue weighted by atomic mass is 32.2. The van der Waals surface area contributed by atoms with Gasteiger partial charge in [0.2, 0.25) is 5.95 Å². The fourth-order valence-corrected chi connectivity index (χ4v) is 2.95. The molecule has 2 N–H and O–H groups in total. The molecule has 0 amide bonds. The van der Waals surface area contributed by atoms with Crippen molar-refractivity contribution in [2.45, 2.75) is 11.8 Å². The van der Waals surface area contributed by atoms with E-state index in [1.807, 2.05) is 29.7 Å². The molecule has 3 rings (SSSR count). The number of nitrogens with two attached hydrogens (primary N) is 1. The van der Waals surface area contributed by atoms with Gasteiger partial charge in [-0.2, -0.15) is 0 Å². The van der Waals surface area contributed by atoms with Crippen LogP contribution in [0.2, 0.25) is 0 Å². The number of benzene rings is 2. The number of hydrogen-bond donors (Lipinski definition) is 1. The molecule has 21 heavy (non-hydrogen) atoms. The van der Waals surface area contributed by atoms with Crippen LogP contribution in [0.4, 0.5) is 5.95 Å². The number of fused-ring (bicyclic) bond motifs is 1. The molecule has 0 aliphatic rings. The number of nitrogens with zero attached hydrogens (tertiary/aromatic N) is 2. The second-order valence-electron chi connectivity index (χ2n) is 5.06. The number of rotatable bonds is 2. The molecule has 1 heterocycles. The van der Waals surface area contributed by atoms with E-state index in [-0.39, 0.29) is 4.90 Å². The number of hydrogen-bond acceptors (Lipinski definition) is 4. The molecule has 0 fully saturated rings. The SMILES string of the molecule is Cc1ccc2nc(N)n(-c3ccc(S(C)(=O)=O)cc3)c2c1. The molecule has 6 heteroatoms. The van der Waals surface area contributed by atoms with Crippen molar-refractivity contribution in [2.75, 3.05) is 12.0 Å². The van der Waals surface area contributed by atoms with Crippen LogP contribution in [0.25, 0.3) is 16.7 Å². The Morgan fingerprint density at radius 3 is 2.38 bits per heavy atom. The van der Waals surface area contributed by atoms with Crippen molar-refractivity contribution in [3.63, 3.8) is 0 Å². The Balaban J connectivity index is 2.20. The van der Waals surface area contributed by atoms with Crippen LogP contribution < -0.4 is 5.73 Å². The summed E-state index contributed by atoms with van der Waals surface area (Å²) >= 11 is 0. The number of aryl methyl sites for hydroxylation is 1. The Hall–Kier alpha value is -2.34. The minimum Gasteiger partial charge on any atom is -0.369 e. The summed E-state index contributed by atoms with van der Waals surface area (Å²) in [5.74, 6) is 0.378. The Bertz CT molecular complexity index is 925. The zero-order valence-corrected chi connectivity index (χ0v) is 12.6. The molecule has 0 radical (unpaired) electrons. The van der Waals surface area contributed by atoms with Crippen molar-refractivity contribution in [1.29, 1.82) is 0 Å². The van der Waals surface area contributed by atoms with E-state index in [1.54, 1.807) is 24.3 Å². The van der Waals surface area contributed by atoms with E-state index in [2.05, 4.69) is 4.98 Å². The molecule has 5 nitrogen and oxygen atoms in total. The van der Waals surface area contributed by atoms with Gasteiger partial charge in [0.15, 0.2) is 9.84 Å². The standard InChI is InChI=1S/C15H15N3O2S/c1-10-3-8-13-14(9-10)18(15(16)17-13)11-4-6-12(7-5-11)21(2,19)20/h3-9H,1-2H3,(H2,16,17). The lowest BCUT2D eigenvalue weighted by atomic mass is 10.2. The summed E-state index contributed by atoms with van der Waals surface area (Å²) in [6, 6.07) is 12.5. The van der Waals surface area contributed by atoms with Crippen molar-refractivity contribution in [2.24, 2.45) is 0 Å². The molecular weight excluding hydrogens is 286 g/mol. The first-order valence-corrected chi connectivity index (χ1v) is 8.30. The number of aromatic nitrogens is 2. The summed E-state index contributed by atoms with van der Waals surface area (Å²) in [6.07, 6.45) is 1.19. The van der Waals surface area contributed by atoms with Gasteiger partial charge in [0.25, 0.3) is 0 Å². The second-order valence-corrected chi connectivity index (χ2v) is 7.08. The van der Waals surface area contributed by atoms with Gasteiger partial charge in [0.05, 0.1) is 15.9 Å². The summed E-state index contributed by atoms with van der Waals surface area (Å²) in [6.45, 7) is 2.00. The van der Waals surface area contributed by atoms with E-state index in [9.17, 15) is 8.42 Å². The van der Waals surface area contributed by atoms with Gasteiger partial charge in [-0.3, -0.25) is 4.57 Å². The lowest BCUT2D eigenvalue weighted by molar-refractivity contribution is 0.602. The largest absolute Gasteiger partial charge is 0.369 e. The average molecular weight is 301 g/mol. The molecule has 108 valence electrons. The van der Waals surface area contributed by atoms with Crippen LogP contribution in [0.15, 0.2) is 47.4 Å². The molecule has 0 atom stereocenters. The number of sulfone groups is 1. The van der Waals surface area contributed by atoms with Gasteiger partial charge < -0.3 is 5.73 Å². The molecule has 0 saturated carbocycles. The van der Waals surface area contributed by atoms with Crippen LogP contribution in [-0.2, 0) is 9.84 Å². The van der Waals surface area contributed by atoms with Crippen LogP contribution in [0.3, 0.4) is 0 Å². The van der Waals surface area contributed by atoms with Gasteiger partial charge in [0.1, 0.15) is 0 Å². The Kier molecular flexibility index (Phi) is 2.98. The lowest BCUT2D eigenvalue weighted by Gasteiger charge is -2.07. The van der Waals surface area contributed by atoms with E-state index in [4.69, 9.17) is 5.73 Å². The van der Waals surface area contributed by atoms with E-state index in [0.717, 1.165) is 22.3 Å². The Morgan fingerprint density at radius 2 is 1.76 bits per heavy atom. The molecule has 0 aliphatic heterocycles. The predicted octanol–water partition coefficient (Wildman–Crippen LogP) is 2.32. The lowest BCUT2D eigenvalue weighted by Crippen LogP contribution is -2.02. The highest BCUT2D eigenvalue weighted by Crippen LogP contribution is 2.24. The highest BCUT2D eigenvalue weighted by molar-refractivity contribution is 7.90. The topological polar surface area (TPSA) is 78.0 Å². The fourth-order valence-electron chi connectivity index (χ4n) is 2.32. The van der Waals surface area contributed by atoms with Crippen LogP contribution in [0.5, 0.6) is 0 Å². The van der Waals surface area contributed by atoms with Gasteiger partial charge in [-0.25, -0.2) is 13.4 Å². The third kappa shape index (κ3) is 2.38. The van der Waals surface area contributed by atoms with Gasteiger partial charge in [-0.05, 0) is 48.9 Å². The predicted molar refractivity (Wildman–Crippen MR) is 83.3 cm³/mol. The summed E-state index contributed by atoms with van der Waals surface area (Å²) < 4.78 is 24.8. The van der Waals surface area contributed by atoms with Gasteiger partial charge in [-0.1, -0.05) is 6.07 Å². The van der Waals surface area contributed by atoms with Gasteiger partial charge in [0, 0.05) is 11.9 Å². The maximum absolute atomic E-state index is 11.5. The van der Waals surface area contributed by atoms with E-state index in [0.29, 0.717) is 5.95 Å². The van der Waals surface area contributed by atoms with Crippen molar-refractivity contribution >= 4 is 26.8 Å². The molecule has 0 saturated heterocycles. The summed E-state index contributed by atoms with van der Waals surface area (Å²) in [4.78, 5) is 4.61. The van der Waals surface area contributed by atoms with Crippen molar-refractivity contribution in [3.05, 3.63) is 48.0 Å². The van der Waals surface area contributed by atoms with Crippen molar-refractivity contribution in [1.82, 2.24) is 9.55 Å². The van der Waals surface area contributed by atoms with Crippen LogP contribution >= 0.6 is 0 Å². The Morgan fingerprint density at radius 1 is 1.10 bits per heavy atom. The number of anilines is 1. The maximum Gasteiger partial charge on any atom is 0.205 e. The van der Waals surface area contributed by atoms with Gasteiger partial charge >= 0.3 is 0 Å². The molecular formula is C15H15N3O2S. The molecule has 0 spiro atoms. The average Bonchev–Trinajstić information content (AvgIpc) is 2.73. The Labute approximate surface area is 123 Å². The molecule has 0 aliphatic carbocycles.